The lowest BCUT2D eigenvalue weighted by Gasteiger charge is -2.31. The van der Waals surface area contributed by atoms with Crippen LogP contribution in [0.5, 0.6) is 0 Å². The van der Waals surface area contributed by atoms with Gasteiger partial charge >= 0.3 is 0 Å². The molecular weight excluding hydrogens is 238 g/mol. The average Bonchev–Trinajstić information content (AvgIpc) is 2.48. The van der Waals surface area contributed by atoms with Crippen molar-refractivity contribution in [2.45, 2.75) is 32.6 Å². The van der Waals surface area contributed by atoms with E-state index in [1.54, 1.807) is 6.20 Å². The van der Waals surface area contributed by atoms with Crippen molar-refractivity contribution in [2.75, 3.05) is 25.5 Å². The molecule has 2 heterocycles. The third-order valence-corrected chi connectivity index (χ3v) is 3.87. The van der Waals surface area contributed by atoms with E-state index in [-0.39, 0.29) is 5.91 Å². The van der Waals surface area contributed by atoms with Gasteiger partial charge in [-0.25, -0.2) is 0 Å². The first-order chi connectivity index (χ1) is 9.24. The Morgan fingerprint density at radius 1 is 1.47 bits per heavy atom. The van der Waals surface area contributed by atoms with Crippen molar-refractivity contribution in [1.82, 2.24) is 9.88 Å². The highest BCUT2D eigenvalue weighted by atomic mass is 16.2. The number of aromatic nitrogens is 1. The summed E-state index contributed by atoms with van der Waals surface area (Å²) in [6, 6.07) is 3.69. The molecule has 1 aromatic heterocycles. The number of nitrogens with zero attached hydrogens (tertiary/aromatic N) is 2. The number of hydrogen-bond acceptors (Lipinski definition) is 3. The number of nitrogens with one attached hydrogen (secondary N) is 1. The maximum atomic E-state index is 12.4. The van der Waals surface area contributed by atoms with Crippen LogP contribution in [0.15, 0.2) is 18.3 Å². The van der Waals surface area contributed by atoms with Gasteiger partial charge in [0.2, 0.25) is 0 Å². The molecule has 0 bridgehead atoms. The van der Waals surface area contributed by atoms with Crippen molar-refractivity contribution in [1.29, 1.82) is 0 Å². The molecule has 4 heteroatoms. The van der Waals surface area contributed by atoms with Crippen LogP contribution in [0, 0.1) is 5.92 Å². The van der Waals surface area contributed by atoms with Gasteiger partial charge in [-0.2, -0.15) is 0 Å². The molecule has 1 aliphatic heterocycles. The number of amides is 1. The predicted molar refractivity (Wildman–Crippen MR) is 77.3 cm³/mol. The van der Waals surface area contributed by atoms with Gasteiger partial charge in [0.25, 0.3) is 5.91 Å². The highest BCUT2D eigenvalue weighted by molar-refractivity contribution is 5.93. The minimum Gasteiger partial charge on any atom is -0.388 e. The summed E-state index contributed by atoms with van der Waals surface area (Å²) in [7, 11) is 1.85. The largest absolute Gasteiger partial charge is 0.388 e. The molecule has 0 spiro atoms. The zero-order valence-electron chi connectivity index (χ0n) is 11.9. The second-order valence-electron chi connectivity index (χ2n) is 5.20. The fraction of sp³-hybridized carbons (Fsp3) is 0.600. The van der Waals surface area contributed by atoms with Gasteiger partial charge in [0.05, 0.1) is 0 Å². The van der Waals surface area contributed by atoms with E-state index in [2.05, 4.69) is 17.2 Å². The zero-order chi connectivity index (χ0) is 13.7. The third kappa shape index (κ3) is 3.46. The Morgan fingerprint density at radius 3 is 2.84 bits per heavy atom. The van der Waals surface area contributed by atoms with Crippen molar-refractivity contribution in [3.8, 4) is 0 Å². The second kappa shape index (κ2) is 6.55. The van der Waals surface area contributed by atoms with Crippen molar-refractivity contribution in [3.63, 3.8) is 0 Å². The lowest BCUT2D eigenvalue weighted by Crippen LogP contribution is -2.38. The lowest BCUT2D eigenvalue weighted by atomic mass is 9.92. The number of carbonyl (C=O) groups excluding carboxylic acids is 1. The van der Waals surface area contributed by atoms with Gasteiger partial charge in [-0.05, 0) is 30.9 Å². The van der Waals surface area contributed by atoms with E-state index in [0.717, 1.165) is 37.5 Å². The summed E-state index contributed by atoms with van der Waals surface area (Å²) in [6.07, 6.45) is 6.47. The normalized spacial score (nSPS) is 16.4. The second-order valence-corrected chi connectivity index (χ2v) is 5.20. The summed E-state index contributed by atoms with van der Waals surface area (Å²) in [4.78, 5) is 18.5. The number of hydrogen-bond donors (Lipinski definition) is 1. The summed E-state index contributed by atoms with van der Waals surface area (Å²) in [5.41, 5.74) is 1.47. The van der Waals surface area contributed by atoms with E-state index >= 15 is 0 Å². The molecule has 19 heavy (non-hydrogen) atoms. The van der Waals surface area contributed by atoms with Gasteiger partial charge in [0, 0.05) is 32.0 Å². The molecule has 0 aromatic carbocycles. The van der Waals surface area contributed by atoms with Gasteiger partial charge in [0.15, 0.2) is 0 Å². The van der Waals surface area contributed by atoms with Crippen LogP contribution < -0.4 is 5.32 Å². The minimum absolute atomic E-state index is 0.0621. The van der Waals surface area contributed by atoms with Crippen molar-refractivity contribution in [2.24, 2.45) is 5.92 Å². The van der Waals surface area contributed by atoms with Gasteiger partial charge in [-0.3, -0.25) is 9.78 Å². The number of pyridine rings is 1. The smallest absolute Gasteiger partial charge is 0.272 e. The van der Waals surface area contributed by atoms with Crippen molar-refractivity contribution >= 4 is 11.6 Å². The molecule has 104 valence electrons. The summed E-state index contributed by atoms with van der Waals surface area (Å²) in [5.74, 6) is 0.859. The van der Waals surface area contributed by atoms with Crippen LogP contribution in [-0.4, -0.2) is 35.9 Å². The number of likely N-dealkylation sites (tertiary alicyclic amines) is 1. The Hall–Kier alpha value is -1.58. The first kappa shape index (κ1) is 13.8. The molecule has 2 rings (SSSR count). The van der Waals surface area contributed by atoms with E-state index in [1.807, 2.05) is 24.1 Å². The van der Waals surface area contributed by atoms with Crippen molar-refractivity contribution in [3.05, 3.63) is 24.0 Å². The Kier molecular flexibility index (Phi) is 4.77. The number of anilines is 1. The fourth-order valence-electron chi connectivity index (χ4n) is 2.70. The van der Waals surface area contributed by atoms with Crippen LogP contribution >= 0.6 is 0 Å². The van der Waals surface area contributed by atoms with Crippen molar-refractivity contribution < 1.29 is 4.79 Å². The fourth-order valence-corrected chi connectivity index (χ4v) is 2.70. The highest BCUT2D eigenvalue weighted by Gasteiger charge is 2.23. The molecule has 1 fully saturated rings. The number of rotatable bonds is 4. The quantitative estimate of drug-likeness (QED) is 0.906. The molecule has 0 radical (unpaired) electrons. The third-order valence-electron chi connectivity index (χ3n) is 3.87. The molecule has 1 amide bonds. The van der Waals surface area contributed by atoms with Crippen LogP contribution in [0.4, 0.5) is 5.69 Å². The molecule has 1 aromatic rings. The topological polar surface area (TPSA) is 45.2 Å². The van der Waals surface area contributed by atoms with Crippen LogP contribution in [-0.2, 0) is 0 Å². The van der Waals surface area contributed by atoms with Gasteiger partial charge < -0.3 is 10.2 Å². The van der Waals surface area contributed by atoms with E-state index in [1.165, 1.54) is 12.8 Å². The Labute approximate surface area is 115 Å². The van der Waals surface area contributed by atoms with E-state index in [0.29, 0.717) is 5.69 Å². The standard InChI is InChI=1S/C15H23N3O/c1-3-4-12-6-9-18(10-7-12)15(19)14-11-13(16-2)5-8-17-14/h5,8,11-12H,3-4,6-7,9-10H2,1-2H3,(H,16,17). The Balaban J connectivity index is 1.97. The molecule has 4 nitrogen and oxygen atoms in total. The van der Waals surface area contributed by atoms with Crippen LogP contribution in [0.3, 0.4) is 0 Å². The highest BCUT2D eigenvalue weighted by Crippen LogP contribution is 2.22. The minimum atomic E-state index is 0.0621. The number of carbonyl (C=O) groups is 1. The summed E-state index contributed by atoms with van der Waals surface area (Å²) in [5, 5.41) is 3.04. The first-order valence-electron chi connectivity index (χ1n) is 7.17. The van der Waals surface area contributed by atoms with Crippen LogP contribution in [0.2, 0.25) is 0 Å². The molecule has 0 aliphatic carbocycles. The number of piperidine rings is 1. The SMILES string of the molecule is CCCC1CCN(C(=O)c2cc(NC)ccn2)CC1. The average molecular weight is 261 g/mol. The molecule has 0 saturated carbocycles. The van der Waals surface area contributed by atoms with Crippen LogP contribution in [0.25, 0.3) is 0 Å². The summed E-state index contributed by atoms with van der Waals surface area (Å²) < 4.78 is 0. The summed E-state index contributed by atoms with van der Waals surface area (Å²) >= 11 is 0. The maximum absolute atomic E-state index is 12.4. The van der Waals surface area contributed by atoms with E-state index in [9.17, 15) is 4.79 Å². The summed E-state index contributed by atoms with van der Waals surface area (Å²) in [6.45, 7) is 3.97. The Bertz CT molecular complexity index is 425. The predicted octanol–water partition coefficient (Wildman–Crippen LogP) is 2.78. The Morgan fingerprint density at radius 2 is 2.21 bits per heavy atom. The monoisotopic (exact) mass is 261 g/mol. The zero-order valence-corrected chi connectivity index (χ0v) is 11.9. The maximum Gasteiger partial charge on any atom is 0.272 e. The molecule has 0 atom stereocenters. The molecular formula is C15H23N3O. The molecule has 1 saturated heterocycles. The molecule has 1 aliphatic rings. The molecule has 1 N–H and O–H groups in total. The van der Waals surface area contributed by atoms with E-state index in [4.69, 9.17) is 0 Å². The van der Waals surface area contributed by atoms with Gasteiger partial charge in [-0.1, -0.05) is 19.8 Å². The van der Waals surface area contributed by atoms with Crippen LogP contribution in [0.1, 0.15) is 43.1 Å². The molecule has 0 unspecified atom stereocenters. The first-order valence-corrected chi connectivity index (χ1v) is 7.17. The van der Waals surface area contributed by atoms with Gasteiger partial charge in [0.1, 0.15) is 5.69 Å². The van der Waals surface area contributed by atoms with Gasteiger partial charge in [-0.15, -0.1) is 0 Å². The van der Waals surface area contributed by atoms with E-state index < -0.39 is 0 Å². The lowest BCUT2D eigenvalue weighted by molar-refractivity contribution is 0.0680.